The van der Waals surface area contributed by atoms with Crippen molar-refractivity contribution in [3.8, 4) is 0 Å². The van der Waals surface area contributed by atoms with E-state index in [9.17, 15) is 4.79 Å². The number of aromatic nitrogens is 2. The Morgan fingerprint density at radius 3 is 2.68 bits per heavy atom. The van der Waals surface area contributed by atoms with Gasteiger partial charge in [0.05, 0.1) is 0 Å². The lowest BCUT2D eigenvalue weighted by Gasteiger charge is -2.16. The van der Waals surface area contributed by atoms with Crippen LogP contribution in [0.2, 0.25) is 0 Å². The lowest BCUT2D eigenvalue weighted by molar-refractivity contribution is 0.0787. The normalized spacial score (nSPS) is 10.3. The molecule has 1 aromatic carbocycles. The monoisotopic (exact) mass is 362 g/mol. The van der Waals surface area contributed by atoms with Crippen molar-refractivity contribution in [2.24, 2.45) is 0 Å². The van der Waals surface area contributed by atoms with Gasteiger partial charge in [-0.15, -0.1) is 0 Å². The predicted molar refractivity (Wildman–Crippen MR) is 91.3 cm³/mol. The maximum atomic E-state index is 12.3. The van der Waals surface area contributed by atoms with E-state index in [1.165, 1.54) is 0 Å². The Hall–Kier alpha value is -1.95. The van der Waals surface area contributed by atoms with Crippen LogP contribution in [0.5, 0.6) is 0 Å². The number of anilines is 2. The summed E-state index contributed by atoms with van der Waals surface area (Å²) in [6, 6.07) is 9.31. The average molecular weight is 363 g/mol. The van der Waals surface area contributed by atoms with Crippen LogP contribution in [-0.2, 0) is 0 Å². The molecule has 0 aliphatic carbocycles. The molecule has 1 N–H and O–H groups in total. The van der Waals surface area contributed by atoms with Crippen LogP contribution >= 0.6 is 15.9 Å². The Balaban J connectivity index is 2.09. The van der Waals surface area contributed by atoms with Gasteiger partial charge in [-0.1, -0.05) is 29.3 Å². The van der Waals surface area contributed by atoms with E-state index in [1.54, 1.807) is 24.2 Å². The van der Waals surface area contributed by atoms with E-state index in [4.69, 9.17) is 0 Å². The number of amides is 1. The van der Waals surface area contributed by atoms with Crippen LogP contribution in [0.3, 0.4) is 0 Å². The van der Waals surface area contributed by atoms with Gasteiger partial charge in [-0.2, -0.15) is 0 Å². The van der Waals surface area contributed by atoms with Crippen molar-refractivity contribution >= 4 is 33.5 Å². The summed E-state index contributed by atoms with van der Waals surface area (Å²) in [5, 5.41) is 3.09. The summed E-state index contributed by atoms with van der Waals surface area (Å²) in [6.07, 6.45) is 3.63. The van der Waals surface area contributed by atoms with E-state index in [0.717, 1.165) is 29.5 Å². The van der Waals surface area contributed by atoms with Crippen molar-refractivity contribution in [1.29, 1.82) is 0 Å². The van der Waals surface area contributed by atoms with Gasteiger partial charge in [0.15, 0.2) is 0 Å². The highest BCUT2D eigenvalue weighted by Crippen LogP contribution is 2.17. The molecule has 5 nitrogen and oxygen atoms in total. The maximum Gasteiger partial charge on any atom is 0.272 e. The number of hydrogen-bond acceptors (Lipinski definition) is 4. The van der Waals surface area contributed by atoms with Gasteiger partial charge in [0.1, 0.15) is 5.69 Å². The van der Waals surface area contributed by atoms with Crippen molar-refractivity contribution in [2.75, 3.05) is 18.9 Å². The van der Waals surface area contributed by atoms with Gasteiger partial charge in [0.2, 0.25) is 5.95 Å². The fourth-order valence-electron chi connectivity index (χ4n) is 1.89. The summed E-state index contributed by atoms with van der Waals surface area (Å²) in [4.78, 5) is 22.4. The lowest BCUT2D eigenvalue weighted by atomic mass is 10.3. The molecular formula is C16H19BrN4O. The smallest absolute Gasteiger partial charge is 0.272 e. The molecule has 0 bridgehead atoms. The molecule has 6 heteroatoms. The van der Waals surface area contributed by atoms with Gasteiger partial charge in [0.25, 0.3) is 5.91 Å². The third-order valence-corrected chi connectivity index (χ3v) is 3.70. The highest BCUT2D eigenvalue weighted by molar-refractivity contribution is 9.10. The largest absolute Gasteiger partial charge is 0.340 e. The molecule has 0 unspecified atom stereocenters. The van der Waals surface area contributed by atoms with Crippen molar-refractivity contribution in [3.63, 3.8) is 0 Å². The minimum absolute atomic E-state index is 0.0882. The summed E-state index contributed by atoms with van der Waals surface area (Å²) >= 11 is 3.39. The molecule has 1 heterocycles. The number of halogens is 1. The fraction of sp³-hybridized carbons (Fsp3) is 0.312. The Morgan fingerprint density at radius 1 is 1.27 bits per heavy atom. The number of unbranched alkanes of at least 4 members (excludes halogenated alkanes) is 1. The zero-order valence-electron chi connectivity index (χ0n) is 12.7. The van der Waals surface area contributed by atoms with E-state index < -0.39 is 0 Å². The highest BCUT2D eigenvalue weighted by atomic mass is 79.9. The van der Waals surface area contributed by atoms with Crippen LogP contribution in [0.25, 0.3) is 0 Å². The SMILES string of the molecule is CCCCN(C)C(=O)c1ccnc(Nc2ccc(Br)cc2)n1. The molecule has 1 aromatic heterocycles. The molecule has 2 aromatic rings. The second-order valence-corrected chi connectivity index (χ2v) is 5.89. The molecule has 0 radical (unpaired) electrons. The summed E-state index contributed by atoms with van der Waals surface area (Å²) in [5.74, 6) is 0.326. The molecule has 0 fully saturated rings. The second kappa shape index (κ2) is 7.89. The van der Waals surface area contributed by atoms with Gasteiger partial charge < -0.3 is 10.2 Å². The van der Waals surface area contributed by atoms with E-state index in [1.807, 2.05) is 24.3 Å². The number of carbonyl (C=O) groups excluding carboxylic acids is 1. The summed E-state index contributed by atoms with van der Waals surface area (Å²) in [6.45, 7) is 2.83. The van der Waals surface area contributed by atoms with Crippen LogP contribution in [0, 0.1) is 0 Å². The van der Waals surface area contributed by atoms with E-state index in [0.29, 0.717) is 11.6 Å². The van der Waals surface area contributed by atoms with E-state index in [-0.39, 0.29) is 5.91 Å². The first-order chi connectivity index (χ1) is 10.6. The lowest BCUT2D eigenvalue weighted by Crippen LogP contribution is -2.28. The van der Waals surface area contributed by atoms with Crippen molar-refractivity contribution in [1.82, 2.24) is 14.9 Å². The third kappa shape index (κ3) is 4.53. The molecule has 1 amide bonds. The summed E-state index contributed by atoms with van der Waals surface area (Å²) < 4.78 is 1.00. The van der Waals surface area contributed by atoms with Crippen molar-refractivity contribution in [3.05, 3.63) is 46.7 Å². The Morgan fingerprint density at radius 2 is 2.00 bits per heavy atom. The first kappa shape index (κ1) is 16.4. The van der Waals surface area contributed by atoms with Crippen LogP contribution in [0.1, 0.15) is 30.3 Å². The molecule has 0 spiro atoms. The van der Waals surface area contributed by atoms with Crippen LogP contribution in [0.15, 0.2) is 41.0 Å². The molecule has 0 atom stereocenters. The average Bonchev–Trinajstić information content (AvgIpc) is 2.54. The van der Waals surface area contributed by atoms with Gasteiger partial charge in [-0.05, 0) is 36.8 Å². The van der Waals surface area contributed by atoms with Gasteiger partial charge in [0, 0.05) is 29.9 Å². The third-order valence-electron chi connectivity index (χ3n) is 3.17. The number of nitrogens with zero attached hydrogens (tertiary/aromatic N) is 3. The molecule has 116 valence electrons. The highest BCUT2D eigenvalue weighted by Gasteiger charge is 2.13. The zero-order chi connectivity index (χ0) is 15.9. The Kier molecular flexibility index (Phi) is 5.89. The first-order valence-corrected chi connectivity index (χ1v) is 8.00. The predicted octanol–water partition coefficient (Wildman–Crippen LogP) is 3.85. The van der Waals surface area contributed by atoms with Gasteiger partial charge in [-0.3, -0.25) is 4.79 Å². The van der Waals surface area contributed by atoms with Crippen LogP contribution < -0.4 is 5.32 Å². The Labute approximate surface area is 138 Å². The van der Waals surface area contributed by atoms with Crippen LogP contribution in [-0.4, -0.2) is 34.4 Å². The second-order valence-electron chi connectivity index (χ2n) is 4.98. The van der Waals surface area contributed by atoms with Gasteiger partial charge in [-0.25, -0.2) is 9.97 Å². The molecule has 0 aliphatic heterocycles. The summed E-state index contributed by atoms with van der Waals surface area (Å²) in [7, 11) is 1.79. The standard InChI is InChI=1S/C16H19BrN4O/c1-3-4-11-21(2)15(22)14-9-10-18-16(20-14)19-13-7-5-12(17)6-8-13/h5-10H,3-4,11H2,1-2H3,(H,18,19,20). The Bertz CT molecular complexity index is 630. The molecule has 0 aliphatic rings. The summed E-state index contributed by atoms with van der Waals surface area (Å²) in [5.41, 5.74) is 1.26. The number of hydrogen-bond donors (Lipinski definition) is 1. The maximum absolute atomic E-state index is 12.3. The first-order valence-electron chi connectivity index (χ1n) is 7.21. The molecule has 22 heavy (non-hydrogen) atoms. The zero-order valence-corrected chi connectivity index (χ0v) is 14.3. The van der Waals surface area contributed by atoms with Crippen molar-refractivity contribution in [2.45, 2.75) is 19.8 Å². The molecule has 0 saturated heterocycles. The number of benzene rings is 1. The quantitative estimate of drug-likeness (QED) is 0.847. The minimum atomic E-state index is -0.0882. The topological polar surface area (TPSA) is 58.1 Å². The van der Waals surface area contributed by atoms with Gasteiger partial charge >= 0.3 is 0 Å². The fourth-order valence-corrected chi connectivity index (χ4v) is 2.16. The van der Waals surface area contributed by atoms with E-state index in [2.05, 4.69) is 38.1 Å². The van der Waals surface area contributed by atoms with Crippen molar-refractivity contribution < 1.29 is 4.79 Å². The van der Waals surface area contributed by atoms with E-state index >= 15 is 0 Å². The number of carbonyl (C=O) groups is 1. The number of rotatable bonds is 6. The molecule has 2 rings (SSSR count). The molecular weight excluding hydrogens is 344 g/mol. The molecule has 0 saturated carbocycles. The van der Waals surface area contributed by atoms with Crippen LogP contribution in [0.4, 0.5) is 11.6 Å². The minimum Gasteiger partial charge on any atom is -0.340 e. The number of nitrogens with one attached hydrogen (secondary N) is 1.